The molecule has 0 unspecified atom stereocenters. The summed E-state index contributed by atoms with van der Waals surface area (Å²) in [5.74, 6) is 1.39. The van der Waals surface area contributed by atoms with E-state index in [0.717, 1.165) is 24.3 Å². The van der Waals surface area contributed by atoms with E-state index in [2.05, 4.69) is 24.1 Å². The Morgan fingerprint density at radius 3 is 3.05 bits per heavy atom. The van der Waals surface area contributed by atoms with E-state index in [1.807, 2.05) is 12.3 Å². The first-order chi connectivity index (χ1) is 9.65. The summed E-state index contributed by atoms with van der Waals surface area (Å²) >= 11 is 0. The van der Waals surface area contributed by atoms with Gasteiger partial charge >= 0.3 is 0 Å². The maximum atomic E-state index is 12.4. The number of pyridine rings is 1. The van der Waals surface area contributed by atoms with Crippen molar-refractivity contribution in [2.75, 3.05) is 11.9 Å². The summed E-state index contributed by atoms with van der Waals surface area (Å²) in [5, 5.41) is 2.97. The number of anilines is 1. The van der Waals surface area contributed by atoms with Gasteiger partial charge in [0.25, 0.3) is 5.91 Å². The predicted molar refractivity (Wildman–Crippen MR) is 77.5 cm³/mol. The summed E-state index contributed by atoms with van der Waals surface area (Å²) in [6.45, 7) is 4.98. The third-order valence-corrected chi connectivity index (χ3v) is 4.55. The second kappa shape index (κ2) is 5.52. The van der Waals surface area contributed by atoms with Crippen molar-refractivity contribution >= 4 is 11.6 Å². The van der Waals surface area contributed by atoms with E-state index >= 15 is 0 Å². The molecule has 1 aromatic rings. The number of rotatable bonds is 3. The number of nitrogens with one attached hydrogen (secondary N) is 1. The zero-order valence-electron chi connectivity index (χ0n) is 12.1. The highest BCUT2D eigenvalue weighted by atomic mass is 16.5. The Hall–Kier alpha value is -1.42. The van der Waals surface area contributed by atoms with E-state index in [1.54, 1.807) is 6.20 Å². The van der Waals surface area contributed by atoms with Gasteiger partial charge in [-0.2, -0.15) is 0 Å². The summed E-state index contributed by atoms with van der Waals surface area (Å²) in [4.78, 5) is 16.6. The third-order valence-electron chi connectivity index (χ3n) is 4.55. The Bertz CT molecular complexity index is 501. The van der Waals surface area contributed by atoms with Crippen molar-refractivity contribution in [1.82, 2.24) is 4.98 Å². The number of amides is 1. The lowest BCUT2D eigenvalue weighted by Gasteiger charge is -2.17. The Morgan fingerprint density at radius 2 is 2.25 bits per heavy atom. The molecule has 3 atom stereocenters. The van der Waals surface area contributed by atoms with Gasteiger partial charge in [0.05, 0.1) is 18.5 Å². The van der Waals surface area contributed by atoms with Crippen molar-refractivity contribution in [3.8, 4) is 0 Å². The maximum absolute atomic E-state index is 12.4. The lowest BCUT2D eigenvalue weighted by atomic mass is 9.94. The number of carbonyl (C=O) groups excluding carboxylic acids is 1. The maximum Gasteiger partial charge on any atom is 0.253 e. The highest BCUT2D eigenvalue weighted by Gasteiger charge is 2.43. The van der Waals surface area contributed by atoms with Crippen LogP contribution < -0.4 is 5.32 Å². The molecule has 0 radical (unpaired) electrons. The average Bonchev–Trinajstić information content (AvgIpc) is 3.00. The predicted octanol–water partition coefficient (Wildman–Crippen LogP) is 2.96. The molecule has 1 aromatic heterocycles. The van der Waals surface area contributed by atoms with Crippen molar-refractivity contribution in [3.63, 3.8) is 0 Å². The van der Waals surface area contributed by atoms with Gasteiger partial charge in [0.2, 0.25) is 0 Å². The van der Waals surface area contributed by atoms with E-state index in [1.165, 1.54) is 12.8 Å². The Labute approximate surface area is 119 Å². The second-order valence-electron chi connectivity index (χ2n) is 6.26. The van der Waals surface area contributed by atoms with Gasteiger partial charge in [-0.05, 0) is 42.2 Å². The molecule has 4 heteroatoms. The van der Waals surface area contributed by atoms with Crippen LogP contribution >= 0.6 is 0 Å². The number of nitrogens with zero attached hydrogens (tertiary/aromatic N) is 1. The Balaban J connectivity index is 1.68. The largest absolute Gasteiger partial charge is 0.368 e. The van der Waals surface area contributed by atoms with Crippen LogP contribution in [-0.4, -0.2) is 23.6 Å². The van der Waals surface area contributed by atoms with Crippen LogP contribution in [0.15, 0.2) is 18.5 Å². The molecule has 1 amide bonds. The van der Waals surface area contributed by atoms with E-state index in [4.69, 9.17) is 4.74 Å². The molecule has 1 aliphatic carbocycles. The molecular formula is C16H22N2O2. The number of aromatic nitrogens is 1. The van der Waals surface area contributed by atoms with Crippen molar-refractivity contribution in [1.29, 1.82) is 0 Å². The molecule has 2 heterocycles. The van der Waals surface area contributed by atoms with Crippen molar-refractivity contribution < 1.29 is 9.53 Å². The number of hydrogen-bond acceptors (Lipinski definition) is 3. The van der Waals surface area contributed by atoms with Crippen LogP contribution in [0.25, 0.3) is 0 Å². The lowest BCUT2D eigenvalue weighted by Crippen LogP contribution is -2.32. The van der Waals surface area contributed by atoms with E-state index in [9.17, 15) is 4.79 Å². The van der Waals surface area contributed by atoms with Gasteiger partial charge in [-0.15, -0.1) is 0 Å². The first kappa shape index (κ1) is 13.6. The molecule has 1 saturated heterocycles. The molecule has 1 aliphatic heterocycles. The van der Waals surface area contributed by atoms with Crippen LogP contribution in [0.5, 0.6) is 0 Å². The summed E-state index contributed by atoms with van der Waals surface area (Å²) in [5.41, 5.74) is 1.90. The summed E-state index contributed by atoms with van der Waals surface area (Å²) < 4.78 is 5.70. The summed E-state index contributed by atoms with van der Waals surface area (Å²) in [6.07, 6.45) is 6.83. The first-order valence-electron chi connectivity index (χ1n) is 7.52. The van der Waals surface area contributed by atoms with E-state index in [-0.39, 0.29) is 12.0 Å². The van der Waals surface area contributed by atoms with Crippen LogP contribution in [-0.2, 0) is 9.53 Å². The number of hydrogen-bond donors (Lipinski definition) is 1. The number of fused-ring (bicyclic) bond motifs is 1. The first-order valence-corrected chi connectivity index (χ1v) is 7.52. The fourth-order valence-electron chi connectivity index (χ4n) is 3.35. The smallest absolute Gasteiger partial charge is 0.253 e. The van der Waals surface area contributed by atoms with Gasteiger partial charge in [0, 0.05) is 6.20 Å². The molecule has 2 fully saturated rings. The topological polar surface area (TPSA) is 51.2 Å². The molecule has 1 saturated carbocycles. The van der Waals surface area contributed by atoms with E-state index in [0.29, 0.717) is 17.8 Å². The lowest BCUT2D eigenvalue weighted by molar-refractivity contribution is -0.126. The zero-order valence-corrected chi connectivity index (χ0v) is 12.1. The van der Waals surface area contributed by atoms with Gasteiger partial charge in [-0.1, -0.05) is 20.3 Å². The summed E-state index contributed by atoms with van der Waals surface area (Å²) in [6, 6.07) is 2.00. The highest BCUT2D eigenvalue weighted by molar-refractivity contribution is 5.94. The van der Waals surface area contributed by atoms with Crippen LogP contribution in [0.1, 0.15) is 44.6 Å². The fraction of sp³-hybridized carbons (Fsp3) is 0.625. The highest BCUT2D eigenvalue weighted by Crippen LogP contribution is 2.40. The van der Waals surface area contributed by atoms with Crippen molar-refractivity contribution in [3.05, 3.63) is 24.0 Å². The van der Waals surface area contributed by atoms with E-state index < -0.39 is 0 Å². The average molecular weight is 274 g/mol. The minimum Gasteiger partial charge on any atom is -0.368 e. The molecule has 0 bridgehead atoms. The SMILES string of the molecule is CC(C)c1cncc(NC(=O)[C@@H]2OC[C@@H]3CCC[C@@H]32)c1. The van der Waals surface area contributed by atoms with Crippen LogP contribution in [0.4, 0.5) is 5.69 Å². The number of ether oxygens (including phenoxy) is 1. The Morgan fingerprint density at radius 1 is 1.40 bits per heavy atom. The molecule has 1 N–H and O–H groups in total. The Kier molecular flexibility index (Phi) is 3.74. The van der Waals surface area contributed by atoms with Gasteiger partial charge in [-0.25, -0.2) is 0 Å². The summed E-state index contributed by atoms with van der Waals surface area (Å²) in [7, 11) is 0. The fourth-order valence-corrected chi connectivity index (χ4v) is 3.35. The second-order valence-corrected chi connectivity index (χ2v) is 6.26. The molecule has 3 rings (SSSR count). The minimum absolute atomic E-state index is 0.0119. The van der Waals surface area contributed by atoms with Gasteiger partial charge in [0.1, 0.15) is 6.10 Å². The molecular weight excluding hydrogens is 252 g/mol. The molecule has 20 heavy (non-hydrogen) atoms. The normalized spacial score (nSPS) is 28.6. The van der Waals surface area contributed by atoms with Crippen LogP contribution in [0, 0.1) is 11.8 Å². The van der Waals surface area contributed by atoms with Crippen LogP contribution in [0.3, 0.4) is 0 Å². The standard InChI is InChI=1S/C16H22N2O2/c1-10(2)12-6-13(8-17-7-12)18-16(19)15-14-5-3-4-11(14)9-20-15/h6-8,10-11,14-15H,3-5,9H2,1-2H3,(H,18,19)/t11-,14-,15+/m0/s1. The van der Waals surface area contributed by atoms with Gasteiger partial charge in [-0.3, -0.25) is 9.78 Å². The van der Waals surface area contributed by atoms with Gasteiger partial charge < -0.3 is 10.1 Å². The number of carbonyl (C=O) groups is 1. The van der Waals surface area contributed by atoms with Gasteiger partial charge in [0.15, 0.2) is 0 Å². The van der Waals surface area contributed by atoms with Crippen molar-refractivity contribution in [2.45, 2.75) is 45.1 Å². The molecule has 108 valence electrons. The van der Waals surface area contributed by atoms with Crippen LogP contribution in [0.2, 0.25) is 0 Å². The minimum atomic E-state index is -0.273. The molecule has 4 nitrogen and oxygen atoms in total. The monoisotopic (exact) mass is 274 g/mol. The molecule has 0 spiro atoms. The van der Waals surface area contributed by atoms with Crippen molar-refractivity contribution in [2.24, 2.45) is 11.8 Å². The molecule has 0 aromatic carbocycles. The zero-order chi connectivity index (χ0) is 14.1. The third kappa shape index (κ3) is 2.57. The molecule has 2 aliphatic rings. The quantitative estimate of drug-likeness (QED) is 0.922.